The maximum absolute atomic E-state index is 12.8. The van der Waals surface area contributed by atoms with Crippen LogP contribution >= 0.6 is 0 Å². The summed E-state index contributed by atoms with van der Waals surface area (Å²) in [4.78, 5) is 38.1. The molecule has 0 spiro atoms. The van der Waals surface area contributed by atoms with Gasteiger partial charge in [-0.1, -0.05) is 0 Å². The second kappa shape index (κ2) is 33.8. The summed E-state index contributed by atoms with van der Waals surface area (Å²) < 4.78 is 87.5. The molecule has 96 heavy (non-hydrogen) atoms. The Kier molecular flexibility index (Phi) is 27.7. The lowest BCUT2D eigenvalue weighted by Gasteiger charge is -2.51. The number of amides is 3. The molecule has 8 aliphatic rings. The molecule has 0 bridgehead atoms. The molecule has 8 saturated heterocycles. The van der Waals surface area contributed by atoms with Crippen molar-refractivity contribution in [2.75, 3.05) is 39.6 Å². The monoisotopic (exact) mass is 1410 g/mol. The van der Waals surface area contributed by atoms with E-state index in [2.05, 4.69) is 16.0 Å². The lowest BCUT2D eigenvalue weighted by molar-refractivity contribution is -0.382. The first kappa shape index (κ1) is 78.7. The molecule has 24 N–H and O–H groups in total. The van der Waals surface area contributed by atoms with E-state index in [1.54, 1.807) is 0 Å². The van der Waals surface area contributed by atoms with Crippen LogP contribution in [-0.2, 0) is 85.4 Å². The minimum absolute atomic E-state index is 0.733. The standard InChI is InChI=1S/C54H91N3O39/c1-12-26(65)33(72)38(77)50(84-12)82-10-21-29(68)35(74)40(79)52(90-21)93-43-19(8-60)89-49(24(32(43)71)56-15(4)63)96-46-37(76)28(67)17(6-58)87-54(46)83-11-22-30(69)36(75)41(80)53(91-22)92-42-18(7-59)88-48(23(31(42)70)55-14(3)62)94-44-20(9-61)86-47(81)25(57-16(5)64)45(44)95-51-39(78)34(73)27(66)13(2)85-51/h12-13,17-54,58-61,65-81H,6-11H2,1-5H3,(H,55,62)(H,56,63)(H,57,64)/t12-,13-,17+,18+,19+,20+,21+,22+,23+,24+,25+,26+,27+,28+,29-,30+,31+,32+,33+,34+,35-,36-,37-,38-,39-,40+,41-,42+,43+,44+,45+,46-,47?,48-,49-,50+,51-,52-,53-,54-/m0/s1. The van der Waals surface area contributed by atoms with Crippen LogP contribution in [0.3, 0.4) is 0 Å². The molecule has 42 heteroatoms. The quantitative estimate of drug-likeness (QED) is 0.0452. The van der Waals surface area contributed by atoms with Gasteiger partial charge in [0, 0.05) is 20.8 Å². The SMILES string of the molecule is CC(=O)N[C@H]1[C@H](O[C@H]2[C@H](O[C@@H]3O[C@@H](C)[C@@H](O)[C@@H](O)[C@@H]3O)[C@@H](NC(C)=O)C(O)O[C@@H]2CO)O[C@H](CO)[C@@H](O[C@@H]2O[C@H](CO[C@H]3O[C@H](CO)[C@@H](O)[C@H](O)[C@@H]3O[C@@H]3O[C@H](CO)[C@@H](O[C@@H]4O[C@H](CO[C@@H]5O[C@@H](C)[C@@H](O)[C@@H](O)[C@@H]5O)[C@H](O)[C@H](O)[C@H]4O)[C@H](O)[C@H]3NC(C)=O)[C@@H](O)[C@H](O)[C@@H]2O)[C@@H]1O. The Balaban J connectivity index is 0.974. The van der Waals surface area contributed by atoms with Crippen molar-refractivity contribution in [3.63, 3.8) is 0 Å². The zero-order valence-electron chi connectivity index (χ0n) is 52.1. The lowest BCUT2D eigenvalue weighted by Crippen LogP contribution is -2.71. The minimum atomic E-state index is -2.24. The lowest BCUT2D eigenvalue weighted by atomic mass is 9.93. The summed E-state index contributed by atoms with van der Waals surface area (Å²) >= 11 is 0. The summed E-state index contributed by atoms with van der Waals surface area (Å²) in [7, 11) is 0. The Morgan fingerprint density at radius 3 is 1.03 bits per heavy atom. The molecule has 8 aliphatic heterocycles. The number of nitrogens with one attached hydrogen (secondary N) is 3. The highest BCUT2D eigenvalue weighted by atomic mass is 16.8. The van der Waals surface area contributed by atoms with Gasteiger partial charge in [0.1, 0.15) is 183 Å². The van der Waals surface area contributed by atoms with Crippen molar-refractivity contribution in [1.82, 2.24) is 16.0 Å². The third-order valence-electron chi connectivity index (χ3n) is 17.7. The minimum Gasteiger partial charge on any atom is -0.394 e. The van der Waals surface area contributed by atoms with Crippen molar-refractivity contribution >= 4 is 17.7 Å². The number of carbonyl (C=O) groups excluding carboxylic acids is 3. The van der Waals surface area contributed by atoms with E-state index in [0.29, 0.717) is 0 Å². The van der Waals surface area contributed by atoms with Crippen LogP contribution in [0.15, 0.2) is 0 Å². The highest BCUT2D eigenvalue weighted by Gasteiger charge is 2.59. The summed E-state index contributed by atoms with van der Waals surface area (Å²) in [5.74, 6) is -2.55. The molecule has 0 radical (unpaired) electrons. The van der Waals surface area contributed by atoms with Gasteiger partial charge in [-0.2, -0.15) is 0 Å². The Labute approximate surface area is 545 Å². The fourth-order valence-electron chi connectivity index (χ4n) is 12.4. The summed E-state index contributed by atoms with van der Waals surface area (Å²) in [6.45, 7) is -0.199. The van der Waals surface area contributed by atoms with Crippen LogP contribution in [0.25, 0.3) is 0 Å². The zero-order chi connectivity index (χ0) is 70.8. The molecular formula is C54H91N3O39. The fraction of sp³-hybridized carbons (Fsp3) is 0.944. The molecular weight excluding hydrogens is 1310 g/mol. The molecule has 8 fully saturated rings. The predicted molar refractivity (Wildman–Crippen MR) is 296 cm³/mol. The third kappa shape index (κ3) is 17.2. The molecule has 0 aromatic rings. The van der Waals surface area contributed by atoms with Crippen molar-refractivity contribution in [3.8, 4) is 0 Å². The number of carbonyl (C=O) groups is 3. The van der Waals surface area contributed by atoms with Crippen LogP contribution in [0.2, 0.25) is 0 Å². The Morgan fingerprint density at radius 2 is 0.604 bits per heavy atom. The van der Waals surface area contributed by atoms with E-state index in [-0.39, 0.29) is 0 Å². The number of rotatable bonds is 23. The smallest absolute Gasteiger partial charge is 0.217 e. The van der Waals surface area contributed by atoms with E-state index in [1.807, 2.05) is 0 Å². The number of hydrogen-bond donors (Lipinski definition) is 24. The first-order valence-corrected chi connectivity index (χ1v) is 30.8. The van der Waals surface area contributed by atoms with Crippen LogP contribution in [0.5, 0.6) is 0 Å². The predicted octanol–water partition coefficient (Wildman–Crippen LogP) is -16.0. The molecule has 8 rings (SSSR count). The second-order valence-corrected chi connectivity index (χ2v) is 24.6. The van der Waals surface area contributed by atoms with Crippen molar-refractivity contribution in [2.45, 2.75) is 280 Å². The van der Waals surface area contributed by atoms with Gasteiger partial charge in [0.2, 0.25) is 17.7 Å². The largest absolute Gasteiger partial charge is 0.394 e. The highest BCUT2D eigenvalue weighted by molar-refractivity contribution is 5.74. The third-order valence-corrected chi connectivity index (χ3v) is 17.7. The number of ether oxygens (including phenoxy) is 15. The first-order valence-electron chi connectivity index (χ1n) is 30.8. The molecule has 40 atom stereocenters. The Bertz CT molecular complexity index is 2480. The van der Waals surface area contributed by atoms with Crippen LogP contribution < -0.4 is 16.0 Å². The molecule has 0 aliphatic carbocycles. The fourth-order valence-corrected chi connectivity index (χ4v) is 12.4. The summed E-state index contributed by atoms with van der Waals surface area (Å²) in [6.07, 6.45) is -69.4. The second-order valence-electron chi connectivity index (χ2n) is 24.6. The first-order chi connectivity index (χ1) is 45.3. The van der Waals surface area contributed by atoms with Crippen LogP contribution in [0.1, 0.15) is 34.6 Å². The van der Waals surface area contributed by atoms with Gasteiger partial charge in [0.25, 0.3) is 0 Å². The van der Waals surface area contributed by atoms with E-state index in [0.717, 1.165) is 20.8 Å². The maximum Gasteiger partial charge on any atom is 0.217 e. The number of aliphatic hydroxyl groups excluding tert-OH is 21. The van der Waals surface area contributed by atoms with Gasteiger partial charge >= 0.3 is 0 Å². The number of aliphatic hydroxyl groups is 21. The van der Waals surface area contributed by atoms with Crippen LogP contribution in [0.4, 0.5) is 0 Å². The summed E-state index contributed by atoms with van der Waals surface area (Å²) in [6, 6.07) is -5.31. The van der Waals surface area contributed by atoms with Gasteiger partial charge in [0.15, 0.2) is 50.3 Å². The van der Waals surface area contributed by atoms with Crippen molar-refractivity contribution in [2.24, 2.45) is 0 Å². The van der Waals surface area contributed by atoms with Crippen molar-refractivity contribution in [3.05, 3.63) is 0 Å². The molecule has 0 saturated carbocycles. The molecule has 0 aromatic heterocycles. The zero-order valence-corrected chi connectivity index (χ0v) is 52.1. The van der Waals surface area contributed by atoms with Gasteiger partial charge in [0.05, 0.1) is 51.8 Å². The average Bonchev–Trinajstić information content (AvgIpc) is 0.782. The molecule has 3 amide bonds. The van der Waals surface area contributed by atoms with Gasteiger partial charge in [-0.3, -0.25) is 14.4 Å². The van der Waals surface area contributed by atoms with Crippen LogP contribution in [-0.4, -0.2) is 410 Å². The summed E-state index contributed by atoms with van der Waals surface area (Å²) in [5, 5.41) is 236. The number of hydrogen-bond acceptors (Lipinski definition) is 39. The van der Waals surface area contributed by atoms with E-state index in [1.165, 1.54) is 13.8 Å². The van der Waals surface area contributed by atoms with E-state index >= 15 is 0 Å². The van der Waals surface area contributed by atoms with Crippen molar-refractivity contribution < 1.29 is 193 Å². The van der Waals surface area contributed by atoms with E-state index < -0.39 is 303 Å². The van der Waals surface area contributed by atoms with Gasteiger partial charge in [-0.05, 0) is 13.8 Å². The van der Waals surface area contributed by atoms with Gasteiger partial charge in [-0.25, -0.2) is 0 Å². The van der Waals surface area contributed by atoms with Crippen molar-refractivity contribution in [1.29, 1.82) is 0 Å². The normalized spacial score (nSPS) is 50.3. The molecule has 0 aromatic carbocycles. The Morgan fingerprint density at radius 1 is 0.292 bits per heavy atom. The van der Waals surface area contributed by atoms with Gasteiger partial charge < -0.3 is 194 Å². The van der Waals surface area contributed by atoms with Gasteiger partial charge in [-0.15, -0.1) is 0 Å². The summed E-state index contributed by atoms with van der Waals surface area (Å²) in [5.41, 5.74) is 0. The molecule has 556 valence electrons. The Hall–Kier alpha value is -3.03. The molecule has 1 unspecified atom stereocenters. The molecule has 8 heterocycles. The highest BCUT2D eigenvalue weighted by Crippen LogP contribution is 2.38. The topological polar surface area (TPSA) is 651 Å². The molecule has 42 nitrogen and oxygen atoms in total. The van der Waals surface area contributed by atoms with E-state index in [9.17, 15) is 122 Å². The average molecular weight is 1410 g/mol. The van der Waals surface area contributed by atoms with Crippen LogP contribution in [0, 0.1) is 0 Å². The van der Waals surface area contributed by atoms with E-state index in [4.69, 9.17) is 71.1 Å². The maximum atomic E-state index is 12.8.